The van der Waals surface area contributed by atoms with Crippen LogP contribution in [-0.2, 0) is 18.8 Å². The molecule has 0 aromatic rings. The molecule has 0 rings (SSSR count). The van der Waals surface area contributed by atoms with E-state index in [4.69, 9.17) is 4.18 Å². The fourth-order valence-corrected chi connectivity index (χ4v) is 2.21. The predicted molar refractivity (Wildman–Crippen MR) is 69.3 cm³/mol. The Balaban J connectivity index is 0. The van der Waals surface area contributed by atoms with Gasteiger partial charge in [-0.25, -0.2) is 4.18 Å². The van der Waals surface area contributed by atoms with Gasteiger partial charge in [0.1, 0.15) is 0 Å². The SMILES string of the molecule is C=CCCC(CC)(CC=C)OS(=O)(=O)OC.N. The summed E-state index contributed by atoms with van der Waals surface area (Å²) in [6.45, 7) is 9.10. The van der Waals surface area contributed by atoms with Crippen LogP contribution in [0.4, 0.5) is 0 Å². The van der Waals surface area contributed by atoms with E-state index in [0.717, 1.165) is 7.11 Å². The van der Waals surface area contributed by atoms with Crippen LogP contribution in [0.5, 0.6) is 0 Å². The smallest absolute Gasteiger partial charge is 0.344 e. The fourth-order valence-electron chi connectivity index (χ4n) is 1.44. The van der Waals surface area contributed by atoms with Gasteiger partial charge >= 0.3 is 10.4 Å². The molecule has 0 heterocycles. The summed E-state index contributed by atoms with van der Waals surface area (Å²) in [7, 11) is -2.84. The second-order valence-electron chi connectivity index (χ2n) is 3.51. The summed E-state index contributed by atoms with van der Waals surface area (Å²) < 4.78 is 32.0. The molecule has 0 saturated heterocycles. The van der Waals surface area contributed by atoms with E-state index in [1.54, 1.807) is 12.2 Å². The molecule has 17 heavy (non-hydrogen) atoms. The molecule has 0 radical (unpaired) electrons. The zero-order valence-electron chi connectivity index (χ0n) is 10.6. The lowest BCUT2D eigenvalue weighted by Gasteiger charge is -2.30. The lowest BCUT2D eigenvalue weighted by molar-refractivity contribution is 0.0489. The molecule has 102 valence electrons. The molecular weight excluding hydrogens is 242 g/mol. The van der Waals surface area contributed by atoms with E-state index in [2.05, 4.69) is 17.3 Å². The van der Waals surface area contributed by atoms with Crippen molar-refractivity contribution < 1.29 is 16.8 Å². The standard InChI is InChI=1S/C11H20O4S.H3N/c1-5-8-10-11(7-3,9-6-2)15-16(12,13)14-4;/h5-6H,1-2,7-10H2,3-4H3;1H3. The first kappa shape index (κ1) is 18.7. The molecule has 0 fully saturated rings. The van der Waals surface area contributed by atoms with Gasteiger partial charge in [-0.2, -0.15) is 8.42 Å². The molecule has 0 bridgehead atoms. The van der Waals surface area contributed by atoms with E-state index < -0.39 is 16.0 Å². The molecule has 5 nitrogen and oxygen atoms in total. The van der Waals surface area contributed by atoms with Crippen LogP contribution in [0.15, 0.2) is 25.3 Å². The fraction of sp³-hybridized carbons (Fsp3) is 0.636. The highest BCUT2D eigenvalue weighted by atomic mass is 32.3. The van der Waals surface area contributed by atoms with E-state index in [9.17, 15) is 8.42 Å². The van der Waals surface area contributed by atoms with Crippen molar-refractivity contribution >= 4 is 10.4 Å². The van der Waals surface area contributed by atoms with E-state index in [1.807, 2.05) is 6.92 Å². The second kappa shape index (κ2) is 8.41. The molecule has 1 unspecified atom stereocenters. The first-order valence-corrected chi connectivity index (χ1v) is 6.51. The highest BCUT2D eigenvalue weighted by Gasteiger charge is 2.33. The third-order valence-corrected chi connectivity index (χ3v) is 3.41. The molecule has 0 aliphatic heterocycles. The van der Waals surface area contributed by atoms with Gasteiger partial charge in [-0.3, -0.25) is 4.18 Å². The number of rotatable bonds is 9. The number of allylic oxidation sites excluding steroid dienone is 1. The maximum absolute atomic E-state index is 11.3. The van der Waals surface area contributed by atoms with Crippen molar-refractivity contribution in [2.75, 3.05) is 7.11 Å². The van der Waals surface area contributed by atoms with Crippen LogP contribution in [0.2, 0.25) is 0 Å². The van der Waals surface area contributed by atoms with Crippen molar-refractivity contribution in [3.63, 3.8) is 0 Å². The Hall–Kier alpha value is -0.690. The lowest BCUT2D eigenvalue weighted by atomic mass is 9.91. The van der Waals surface area contributed by atoms with Crippen molar-refractivity contribution in [3.8, 4) is 0 Å². The van der Waals surface area contributed by atoms with Gasteiger partial charge in [0.05, 0.1) is 12.7 Å². The average molecular weight is 265 g/mol. The van der Waals surface area contributed by atoms with Gasteiger partial charge in [0.25, 0.3) is 0 Å². The Labute approximate surface area is 104 Å². The molecule has 0 aliphatic carbocycles. The number of hydrogen-bond donors (Lipinski definition) is 1. The van der Waals surface area contributed by atoms with Crippen LogP contribution >= 0.6 is 0 Å². The maximum Gasteiger partial charge on any atom is 0.400 e. The van der Waals surface area contributed by atoms with Crippen LogP contribution in [-0.4, -0.2) is 21.1 Å². The van der Waals surface area contributed by atoms with Gasteiger partial charge in [0.2, 0.25) is 0 Å². The first-order valence-electron chi connectivity index (χ1n) is 5.18. The molecule has 0 saturated carbocycles. The zero-order valence-corrected chi connectivity index (χ0v) is 11.5. The quantitative estimate of drug-likeness (QED) is 0.648. The highest BCUT2D eigenvalue weighted by Crippen LogP contribution is 2.29. The summed E-state index contributed by atoms with van der Waals surface area (Å²) in [6, 6.07) is 0. The Morgan fingerprint density at radius 3 is 2.24 bits per heavy atom. The minimum absolute atomic E-state index is 0. The normalized spacial score (nSPS) is 14.5. The van der Waals surface area contributed by atoms with Crippen molar-refractivity contribution in [2.24, 2.45) is 0 Å². The average Bonchev–Trinajstić information content (AvgIpc) is 2.26. The van der Waals surface area contributed by atoms with Crippen LogP contribution in [0.3, 0.4) is 0 Å². The topological polar surface area (TPSA) is 87.6 Å². The van der Waals surface area contributed by atoms with Gasteiger partial charge in [-0.15, -0.1) is 13.2 Å². The van der Waals surface area contributed by atoms with Gasteiger partial charge in [0.15, 0.2) is 0 Å². The molecule has 1 atom stereocenters. The Morgan fingerprint density at radius 1 is 1.29 bits per heavy atom. The lowest BCUT2D eigenvalue weighted by Crippen LogP contribution is -2.34. The van der Waals surface area contributed by atoms with Gasteiger partial charge in [-0.1, -0.05) is 19.1 Å². The highest BCUT2D eigenvalue weighted by molar-refractivity contribution is 7.81. The minimum Gasteiger partial charge on any atom is -0.344 e. The summed E-state index contributed by atoms with van der Waals surface area (Å²) in [5.74, 6) is 0. The third-order valence-electron chi connectivity index (χ3n) is 2.45. The zero-order chi connectivity index (χ0) is 12.7. The molecule has 0 amide bonds. The maximum atomic E-state index is 11.3. The van der Waals surface area contributed by atoms with Crippen molar-refractivity contribution in [3.05, 3.63) is 25.3 Å². The third kappa shape index (κ3) is 6.58. The van der Waals surface area contributed by atoms with Gasteiger partial charge in [-0.05, 0) is 25.7 Å². The predicted octanol–water partition coefficient (Wildman–Crippen LogP) is 2.75. The van der Waals surface area contributed by atoms with Crippen LogP contribution in [0.1, 0.15) is 32.6 Å². The molecular formula is C11H23NO4S. The Bertz CT molecular complexity index is 326. The van der Waals surface area contributed by atoms with E-state index in [1.165, 1.54) is 0 Å². The summed E-state index contributed by atoms with van der Waals surface area (Å²) in [5.41, 5.74) is -0.773. The minimum atomic E-state index is -3.92. The van der Waals surface area contributed by atoms with E-state index in [0.29, 0.717) is 25.7 Å². The summed E-state index contributed by atoms with van der Waals surface area (Å²) in [5, 5.41) is 0. The van der Waals surface area contributed by atoms with E-state index in [-0.39, 0.29) is 6.15 Å². The van der Waals surface area contributed by atoms with Gasteiger partial charge < -0.3 is 6.15 Å². The number of hydrogen-bond acceptors (Lipinski definition) is 5. The van der Waals surface area contributed by atoms with Gasteiger partial charge in [0, 0.05) is 0 Å². The molecule has 0 aromatic carbocycles. The van der Waals surface area contributed by atoms with Crippen molar-refractivity contribution in [1.82, 2.24) is 6.15 Å². The molecule has 0 aliphatic rings. The Morgan fingerprint density at radius 2 is 1.88 bits per heavy atom. The first-order chi connectivity index (χ1) is 7.45. The van der Waals surface area contributed by atoms with Crippen molar-refractivity contribution in [1.29, 1.82) is 0 Å². The molecule has 3 N–H and O–H groups in total. The van der Waals surface area contributed by atoms with E-state index >= 15 is 0 Å². The summed E-state index contributed by atoms with van der Waals surface area (Å²) in [4.78, 5) is 0. The van der Waals surface area contributed by atoms with Crippen LogP contribution in [0.25, 0.3) is 0 Å². The Kier molecular flexibility index (Phi) is 9.23. The molecule has 6 heteroatoms. The van der Waals surface area contributed by atoms with Crippen molar-refractivity contribution in [2.45, 2.75) is 38.2 Å². The second-order valence-corrected chi connectivity index (χ2v) is 4.83. The summed E-state index contributed by atoms with van der Waals surface area (Å²) in [6.07, 6.45) is 5.66. The molecule has 0 spiro atoms. The van der Waals surface area contributed by atoms with Crippen LogP contribution < -0.4 is 6.15 Å². The molecule has 0 aromatic heterocycles. The monoisotopic (exact) mass is 265 g/mol. The van der Waals surface area contributed by atoms with Crippen LogP contribution in [0, 0.1) is 0 Å². The largest absolute Gasteiger partial charge is 0.400 e. The summed E-state index contributed by atoms with van der Waals surface area (Å²) >= 11 is 0.